The lowest BCUT2D eigenvalue weighted by Gasteiger charge is -2.22. The van der Waals surface area contributed by atoms with Gasteiger partial charge in [-0.3, -0.25) is 4.79 Å². The zero-order valence-corrected chi connectivity index (χ0v) is 17.6. The average Bonchev–Trinajstić information content (AvgIpc) is 3.27. The smallest absolute Gasteiger partial charge is 0.253 e. The van der Waals surface area contributed by atoms with Gasteiger partial charge in [-0.05, 0) is 47.8 Å². The van der Waals surface area contributed by atoms with Gasteiger partial charge in [-0.2, -0.15) is 4.31 Å². The van der Waals surface area contributed by atoms with Crippen LogP contribution in [0.3, 0.4) is 0 Å². The van der Waals surface area contributed by atoms with Crippen molar-refractivity contribution < 1.29 is 13.2 Å². The van der Waals surface area contributed by atoms with E-state index in [1.165, 1.54) is 4.31 Å². The first-order chi connectivity index (χ1) is 11.9. The normalized spacial score (nSPS) is 18.6. The molecule has 25 heavy (non-hydrogen) atoms. The van der Waals surface area contributed by atoms with Crippen LogP contribution in [0, 0.1) is 6.92 Å². The Bertz CT molecular complexity index is 862. The maximum Gasteiger partial charge on any atom is 0.253 e. The zero-order chi connectivity index (χ0) is 18.0. The Balaban J connectivity index is 1.63. The summed E-state index contributed by atoms with van der Waals surface area (Å²) in [5.74, 6) is -0.233. The molecule has 0 spiro atoms. The van der Waals surface area contributed by atoms with E-state index in [2.05, 4.69) is 26.2 Å². The highest BCUT2D eigenvalue weighted by molar-refractivity contribution is 9.11. The van der Waals surface area contributed by atoms with Crippen molar-refractivity contribution in [1.82, 2.24) is 14.6 Å². The Morgan fingerprint density at radius 3 is 2.92 bits per heavy atom. The second kappa shape index (κ2) is 7.83. The fourth-order valence-corrected chi connectivity index (χ4v) is 7.24. The molecule has 0 radical (unpaired) electrons. The molecule has 136 valence electrons. The molecule has 1 N–H and O–H groups in total. The molecule has 2 aromatic heterocycles. The first-order valence-corrected chi connectivity index (χ1v) is 11.8. The Hall–Kier alpha value is -0.810. The molecule has 1 aliphatic rings. The van der Waals surface area contributed by atoms with Gasteiger partial charge >= 0.3 is 0 Å². The predicted octanol–water partition coefficient (Wildman–Crippen LogP) is 2.79. The molecule has 0 saturated carbocycles. The molecule has 1 amide bonds. The summed E-state index contributed by atoms with van der Waals surface area (Å²) in [7, 11) is -3.64. The number of nitrogens with zero attached hydrogens (tertiary/aromatic N) is 2. The zero-order valence-electron chi connectivity index (χ0n) is 13.6. The van der Waals surface area contributed by atoms with Gasteiger partial charge in [-0.15, -0.1) is 22.7 Å². The quantitative estimate of drug-likeness (QED) is 0.713. The van der Waals surface area contributed by atoms with Gasteiger partial charge in [0.2, 0.25) is 5.91 Å². The number of carbonyl (C=O) groups excluding carboxylic acids is 1. The van der Waals surface area contributed by atoms with E-state index in [-0.39, 0.29) is 10.1 Å². The van der Waals surface area contributed by atoms with Gasteiger partial charge in [-0.1, -0.05) is 0 Å². The molecular weight excluding hydrogens is 446 g/mol. The van der Waals surface area contributed by atoms with E-state index >= 15 is 0 Å². The van der Waals surface area contributed by atoms with Crippen LogP contribution in [0.4, 0.5) is 0 Å². The summed E-state index contributed by atoms with van der Waals surface area (Å²) in [4.78, 5) is 16.9. The largest absolute Gasteiger partial charge is 0.354 e. The fraction of sp³-hybridized carbons (Fsp3) is 0.467. The van der Waals surface area contributed by atoms with E-state index in [0.717, 1.165) is 25.8 Å². The molecule has 0 aliphatic carbocycles. The molecule has 2 aromatic rings. The highest BCUT2D eigenvalue weighted by atomic mass is 79.9. The van der Waals surface area contributed by atoms with Crippen molar-refractivity contribution in [3.63, 3.8) is 0 Å². The third-order valence-electron chi connectivity index (χ3n) is 3.96. The standard InChI is InChI=1S/C15H18BrN3O3S3/c1-10-18-11(9-23-10)6-7-17-15(20)12-3-2-8-19(12)25(21,22)14-5-4-13(16)24-14/h4-5,9,12H,2-3,6-8H2,1H3,(H,17,20)/t12-/m1/s1. The van der Waals surface area contributed by atoms with Crippen molar-refractivity contribution in [2.75, 3.05) is 13.1 Å². The number of amides is 1. The van der Waals surface area contributed by atoms with Crippen LogP contribution in [0.2, 0.25) is 0 Å². The molecular formula is C15H18BrN3O3S3. The van der Waals surface area contributed by atoms with Gasteiger partial charge in [0.1, 0.15) is 10.3 Å². The first-order valence-electron chi connectivity index (χ1n) is 7.84. The summed E-state index contributed by atoms with van der Waals surface area (Å²) in [5, 5.41) is 5.83. The summed E-state index contributed by atoms with van der Waals surface area (Å²) >= 11 is 6.03. The number of hydrogen-bond acceptors (Lipinski definition) is 6. The molecule has 0 bridgehead atoms. The summed E-state index contributed by atoms with van der Waals surface area (Å²) < 4.78 is 27.9. The van der Waals surface area contributed by atoms with Crippen molar-refractivity contribution in [3.8, 4) is 0 Å². The van der Waals surface area contributed by atoms with E-state index in [1.54, 1.807) is 23.5 Å². The summed E-state index contributed by atoms with van der Waals surface area (Å²) in [6.07, 6.45) is 1.88. The number of thiazole rings is 1. The van der Waals surface area contributed by atoms with Gasteiger partial charge in [0.15, 0.2) is 0 Å². The highest BCUT2D eigenvalue weighted by Gasteiger charge is 2.39. The van der Waals surface area contributed by atoms with Crippen molar-refractivity contribution in [1.29, 1.82) is 0 Å². The van der Waals surface area contributed by atoms with Gasteiger partial charge in [0.25, 0.3) is 10.0 Å². The molecule has 3 rings (SSSR count). The number of nitrogens with one attached hydrogen (secondary N) is 1. The van der Waals surface area contributed by atoms with Crippen molar-refractivity contribution in [2.24, 2.45) is 0 Å². The van der Waals surface area contributed by atoms with Gasteiger partial charge in [0, 0.05) is 24.9 Å². The second-order valence-electron chi connectivity index (χ2n) is 5.73. The lowest BCUT2D eigenvalue weighted by atomic mass is 10.2. The molecule has 1 saturated heterocycles. The van der Waals surface area contributed by atoms with Crippen LogP contribution in [0.5, 0.6) is 0 Å². The minimum absolute atomic E-state index is 0.233. The van der Waals surface area contributed by atoms with Gasteiger partial charge < -0.3 is 5.32 Å². The van der Waals surface area contributed by atoms with E-state index in [4.69, 9.17) is 0 Å². The second-order valence-corrected chi connectivity index (χ2v) is 11.4. The molecule has 10 heteroatoms. The molecule has 1 atom stereocenters. The van der Waals surface area contributed by atoms with Crippen molar-refractivity contribution in [2.45, 2.75) is 36.4 Å². The number of hydrogen-bond donors (Lipinski definition) is 1. The number of carbonyl (C=O) groups is 1. The van der Waals surface area contributed by atoms with Gasteiger partial charge in [0.05, 0.1) is 14.5 Å². The molecule has 0 aromatic carbocycles. The molecule has 1 aliphatic heterocycles. The highest BCUT2D eigenvalue weighted by Crippen LogP contribution is 2.32. The Kier molecular flexibility index (Phi) is 5.94. The minimum atomic E-state index is -3.64. The van der Waals surface area contributed by atoms with E-state index in [0.29, 0.717) is 32.4 Å². The third-order valence-corrected chi connectivity index (χ3v) is 8.79. The molecule has 6 nitrogen and oxygen atoms in total. The molecule has 0 unspecified atom stereocenters. The Labute approximate surface area is 163 Å². The van der Waals surface area contributed by atoms with Crippen LogP contribution < -0.4 is 5.32 Å². The average molecular weight is 464 g/mol. The summed E-state index contributed by atoms with van der Waals surface area (Å²) in [6, 6.07) is 2.64. The summed E-state index contributed by atoms with van der Waals surface area (Å²) in [6.45, 7) is 2.77. The lowest BCUT2D eigenvalue weighted by Crippen LogP contribution is -2.46. The number of aryl methyl sites for hydroxylation is 1. The first kappa shape index (κ1) is 19.0. The minimum Gasteiger partial charge on any atom is -0.354 e. The van der Waals surface area contributed by atoms with Crippen molar-refractivity contribution in [3.05, 3.63) is 32.0 Å². The van der Waals surface area contributed by atoms with E-state index in [9.17, 15) is 13.2 Å². The number of aromatic nitrogens is 1. The van der Waals surface area contributed by atoms with Crippen LogP contribution in [0.25, 0.3) is 0 Å². The lowest BCUT2D eigenvalue weighted by molar-refractivity contribution is -0.124. The number of sulfonamides is 1. The summed E-state index contributed by atoms with van der Waals surface area (Å²) in [5.41, 5.74) is 0.946. The van der Waals surface area contributed by atoms with Gasteiger partial charge in [-0.25, -0.2) is 13.4 Å². The van der Waals surface area contributed by atoms with E-state index in [1.807, 2.05) is 12.3 Å². The number of halogens is 1. The fourth-order valence-electron chi connectivity index (χ4n) is 2.80. The SMILES string of the molecule is Cc1nc(CCNC(=O)[C@H]2CCCN2S(=O)(=O)c2ccc(Br)s2)cs1. The molecule has 3 heterocycles. The van der Waals surface area contributed by atoms with E-state index < -0.39 is 16.1 Å². The van der Waals surface area contributed by atoms with Crippen molar-refractivity contribution >= 4 is 54.5 Å². The van der Waals surface area contributed by atoms with Crippen LogP contribution in [0.15, 0.2) is 25.5 Å². The maximum absolute atomic E-state index is 12.8. The van der Waals surface area contributed by atoms with Crippen LogP contribution >= 0.6 is 38.6 Å². The third kappa shape index (κ3) is 4.30. The topological polar surface area (TPSA) is 79.4 Å². The Morgan fingerprint density at radius 2 is 2.28 bits per heavy atom. The predicted molar refractivity (Wildman–Crippen MR) is 102 cm³/mol. The maximum atomic E-state index is 12.8. The number of thiophene rings is 1. The van der Waals surface area contributed by atoms with Crippen LogP contribution in [0.1, 0.15) is 23.5 Å². The molecule has 1 fully saturated rings. The van der Waals surface area contributed by atoms with Crippen LogP contribution in [-0.2, 0) is 21.2 Å². The monoisotopic (exact) mass is 463 g/mol. The Morgan fingerprint density at radius 1 is 1.48 bits per heavy atom. The van der Waals surface area contributed by atoms with Crippen LogP contribution in [-0.4, -0.2) is 42.7 Å². The number of rotatable bonds is 6.